The smallest absolute Gasteiger partial charge is 0.127 e. The maximum atomic E-state index is 5.93. The van der Waals surface area contributed by atoms with Crippen molar-refractivity contribution >= 4 is 54.4 Å². The fourth-order valence-corrected chi connectivity index (χ4v) is 2.68. The van der Waals surface area contributed by atoms with Crippen LogP contribution in [0.15, 0.2) is 21.2 Å². The van der Waals surface area contributed by atoms with Gasteiger partial charge in [0.25, 0.3) is 0 Å². The quantitative estimate of drug-likeness (QED) is 0.677. The molecule has 2 rings (SSSR count). The van der Waals surface area contributed by atoms with Crippen LogP contribution in [-0.4, -0.2) is 9.97 Å². The van der Waals surface area contributed by atoms with Crippen molar-refractivity contribution in [3.63, 3.8) is 0 Å². The lowest BCUT2D eigenvalue weighted by Crippen LogP contribution is -1.91. The molecular formula is C9H5Br2ClN2. The van der Waals surface area contributed by atoms with Crippen molar-refractivity contribution in [1.29, 1.82) is 0 Å². The molecule has 72 valence electrons. The predicted octanol–water partition coefficient (Wildman–Crippen LogP) is 4.12. The van der Waals surface area contributed by atoms with Crippen LogP contribution in [0.2, 0.25) is 5.02 Å². The molecule has 1 aromatic heterocycles. The highest BCUT2D eigenvalue weighted by atomic mass is 79.9. The van der Waals surface area contributed by atoms with Crippen molar-refractivity contribution in [2.45, 2.75) is 6.92 Å². The summed E-state index contributed by atoms with van der Waals surface area (Å²) in [6.45, 7) is 1.85. The lowest BCUT2D eigenvalue weighted by atomic mass is 10.2. The third-order valence-corrected chi connectivity index (χ3v) is 3.21. The molecule has 0 amide bonds. The Bertz CT molecular complexity index is 466. The van der Waals surface area contributed by atoms with E-state index in [4.69, 9.17) is 11.6 Å². The van der Waals surface area contributed by atoms with Crippen LogP contribution in [0, 0.1) is 6.92 Å². The zero-order valence-electron chi connectivity index (χ0n) is 7.18. The van der Waals surface area contributed by atoms with Crippen molar-refractivity contribution in [3.05, 3.63) is 32.1 Å². The number of aryl methyl sites for hydroxylation is 1. The Morgan fingerprint density at radius 2 is 1.93 bits per heavy atom. The molecule has 0 aliphatic heterocycles. The molecule has 0 spiro atoms. The largest absolute Gasteiger partial charge is 0.232 e. The average Bonchev–Trinajstić information content (AvgIpc) is 2.07. The number of aromatic nitrogens is 2. The minimum atomic E-state index is 0.664. The summed E-state index contributed by atoms with van der Waals surface area (Å²) in [5, 5.41) is 1.58. The van der Waals surface area contributed by atoms with Crippen LogP contribution in [0.5, 0.6) is 0 Å². The van der Waals surface area contributed by atoms with Gasteiger partial charge in [0.15, 0.2) is 0 Å². The van der Waals surface area contributed by atoms with E-state index in [1.165, 1.54) is 0 Å². The molecule has 0 radical (unpaired) electrons. The molecule has 0 aliphatic carbocycles. The van der Waals surface area contributed by atoms with E-state index in [1.54, 1.807) is 0 Å². The first-order valence-electron chi connectivity index (χ1n) is 3.87. The number of benzene rings is 1. The molecule has 2 aromatic rings. The minimum absolute atomic E-state index is 0.664. The van der Waals surface area contributed by atoms with Gasteiger partial charge in [-0.25, -0.2) is 9.97 Å². The third-order valence-electron chi connectivity index (χ3n) is 1.78. The minimum Gasteiger partial charge on any atom is -0.232 e. The van der Waals surface area contributed by atoms with E-state index in [-0.39, 0.29) is 0 Å². The molecule has 1 heterocycles. The van der Waals surface area contributed by atoms with Crippen LogP contribution < -0.4 is 0 Å². The van der Waals surface area contributed by atoms with E-state index in [0.29, 0.717) is 5.02 Å². The molecule has 0 fully saturated rings. The van der Waals surface area contributed by atoms with E-state index in [0.717, 1.165) is 25.8 Å². The van der Waals surface area contributed by atoms with E-state index in [9.17, 15) is 0 Å². The highest BCUT2D eigenvalue weighted by Crippen LogP contribution is 2.30. The fraction of sp³-hybridized carbons (Fsp3) is 0.111. The van der Waals surface area contributed by atoms with Crippen molar-refractivity contribution in [3.8, 4) is 0 Å². The van der Waals surface area contributed by atoms with Crippen LogP contribution in [-0.2, 0) is 0 Å². The summed E-state index contributed by atoms with van der Waals surface area (Å²) in [6.07, 6.45) is 0. The first kappa shape index (κ1) is 10.3. The van der Waals surface area contributed by atoms with Gasteiger partial charge in [-0.1, -0.05) is 11.6 Å². The molecule has 0 saturated heterocycles. The summed E-state index contributed by atoms with van der Waals surface area (Å²) in [5.41, 5.74) is 0.869. The maximum Gasteiger partial charge on any atom is 0.127 e. The van der Waals surface area contributed by atoms with E-state index >= 15 is 0 Å². The lowest BCUT2D eigenvalue weighted by Gasteiger charge is -2.03. The van der Waals surface area contributed by atoms with E-state index < -0.39 is 0 Å². The number of fused-ring (bicyclic) bond motifs is 1. The molecule has 0 bridgehead atoms. The van der Waals surface area contributed by atoms with Gasteiger partial charge in [-0.15, -0.1) is 0 Å². The monoisotopic (exact) mass is 334 g/mol. The third kappa shape index (κ3) is 1.78. The summed E-state index contributed by atoms with van der Waals surface area (Å²) in [7, 11) is 0. The molecule has 14 heavy (non-hydrogen) atoms. The fourth-order valence-electron chi connectivity index (χ4n) is 1.23. The lowest BCUT2D eigenvalue weighted by molar-refractivity contribution is 1.07. The van der Waals surface area contributed by atoms with Crippen molar-refractivity contribution in [1.82, 2.24) is 9.97 Å². The van der Waals surface area contributed by atoms with Gasteiger partial charge in [0.1, 0.15) is 10.4 Å². The van der Waals surface area contributed by atoms with Crippen molar-refractivity contribution < 1.29 is 0 Å². The topological polar surface area (TPSA) is 25.8 Å². The molecule has 0 aliphatic rings. The zero-order chi connectivity index (χ0) is 10.3. The Morgan fingerprint density at radius 3 is 2.64 bits per heavy atom. The summed E-state index contributed by atoms with van der Waals surface area (Å²) in [5.74, 6) is 0.729. The summed E-state index contributed by atoms with van der Waals surface area (Å²) in [6, 6.07) is 3.66. The first-order valence-corrected chi connectivity index (χ1v) is 5.83. The highest BCUT2D eigenvalue weighted by Gasteiger charge is 2.07. The normalized spacial score (nSPS) is 10.9. The van der Waals surface area contributed by atoms with Crippen LogP contribution in [0.1, 0.15) is 5.82 Å². The van der Waals surface area contributed by atoms with Gasteiger partial charge in [-0.3, -0.25) is 0 Å². The summed E-state index contributed by atoms with van der Waals surface area (Å²) < 4.78 is 1.65. The Kier molecular flexibility index (Phi) is 2.77. The molecule has 2 nitrogen and oxygen atoms in total. The first-order chi connectivity index (χ1) is 6.58. The molecular weight excluding hydrogens is 331 g/mol. The number of hydrogen-bond donors (Lipinski definition) is 0. The van der Waals surface area contributed by atoms with Gasteiger partial charge in [0.05, 0.1) is 5.52 Å². The van der Waals surface area contributed by atoms with Crippen LogP contribution >= 0.6 is 43.5 Å². The van der Waals surface area contributed by atoms with Gasteiger partial charge in [-0.2, -0.15) is 0 Å². The van der Waals surface area contributed by atoms with Gasteiger partial charge in [0, 0.05) is 14.9 Å². The second-order valence-corrected chi connectivity index (χ2v) is 4.89. The van der Waals surface area contributed by atoms with Crippen LogP contribution in [0.25, 0.3) is 10.9 Å². The molecule has 0 unspecified atom stereocenters. The van der Waals surface area contributed by atoms with Crippen molar-refractivity contribution in [2.24, 2.45) is 0 Å². The Morgan fingerprint density at radius 1 is 1.21 bits per heavy atom. The average molecular weight is 336 g/mol. The zero-order valence-corrected chi connectivity index (χ0v) is 11.1. The van der Waals surface area contributed by atoms with Gasteiger partial charge >= 0.3 is 0 Å². The maximum absolute atomic E-state index is 5.93. The molecule has 5 heteroatoms. The Balaban J connectivity index is 2.94. The number of nitrogens with zero attached hydrogens (tertiary/aromatic N) is 2. The SMILES string of the molecule is Cc1nc(Br)c2cc(Cl)cc(Br)c2n1. The highest BCUT2D eigenvalue weighted by molar-refractivity contribution is 9.11. The summed E-state index contributed by atoms with van der Waals surface area (Å²) in [4.78, 5) is 8.54. The molecule has 1 aromatic carbocycles. The predicted molar refractivity (Wildman–Crippen MR) is 64.7 cm³/mol. The van der Waals surface area contributed by atoms with Gasteiger partial charge in [-0.05, 0) is 50.9 Å². The number of hydrogen-bond acceptors (Lipinski definition) is 2. The summed E-state index contributed by atoms with van der Waals surface area (Å²) >= 11 is 12.7. The second-order valence-electron chi connectivity index (χ2n) is 2.85. The number of halogens is 3. The van der Waals surface area contributed by atoms with Gasteiger partial charge in [0.2, 0.25) is 0 Å². The molecule has 0 N–H and O–H groups in total. The van der Waals surface area contributed by atoms with E-state index in [1.807, 2.05) is 19.1 Å². The van der Waals surface area contributed by atoms with Crippen molar-refractivity contribution in [2.75, 3.05) is 0 Å². The number of rotatable bonds is 0. The Hall–Kier alpha value is -0.190. The Labute approximate surface area is 103 Å². The van der Waals surface area contributed by atoms with Gasteiger partial charge < -0.3 is 0 Å². The second kappa shape index (κ2) is 3.76. The van der Waals surface area contributed by atoms with Crippen LogP contribution in [0.4, 0.5) is 0 Å². The van der Waals surface area contributed by atoms with Crippen LogP contribution in [0.3, 0.4) is 0 Å². The molecule has 0 saturated carbocycles. The standard InChI is InChI=1S/C9H5Br2ClN2/c1-4-13-8-6(9(11)14-4)2-5(12)3-7(8)10/h2-3H,1H3. The molecule has 0 atom stereocenters. The van der Waals surface area contributed by atoms with E-state index in [2.05, 4.69) is 41.8 Å².